The number of nitrogens with one attached hydrogen (secondary N) is 1. The third-order valence-corrected chi connectivity index (χ3v) is 5.34. The molecule has 2 rings (SSSR count). The van der Waals surface area contributed by atoms with Gasteiger partial charge in [0.15, 0.2) is 0 Å². The first-order valence-electron chi connectivity index (χ1n) is 6.70. The van der Waals surface area contributed by atoms with E-state index in [4.69, 9.17) is 5.73 Å². The molecule has 5 nitrogen and oxygen atoms in total. The van der Waals surface area contributed by atoms with Crippen LogP contribution in [0.3, 0.4) is 0 Å². The topological polar surface area (TPSA) is 89.3 Å². The van der Waals surface area contributed by atoms with Crippen molar-refractivity contribution in [2.75, 3.05) is 11.5 Å². The lowest BCUT2D eigenvalue weighted by molar-refractivity contribution is -0.123. The minimum absolute atomic E-state index is 0.0949. The van der Waals surface area contributed by atoms with Crippen molar-refractivity contribution in [3.05, 3.63) is 35.4 Å². The molecule has 1 aliphatic heterocycles. The summed E-state index contributed by atoms with van der Waals surface area (Å²) in [6.45, 7) is 1.97. The van der Waals surface area contributed by atoms with Gasteiger partial charge in [-0.05, 0) is 25.3 Å². The number of sulfone groups is 1. The Labute approximate surface area is 119 Å². The van der Waals surface area contributed by atoms with Gasteiger partial charge in [0.2, 0.25) is 5.91 Å². The van der Waals surface area contributed by atoms with E-state index in [1.165, 1.54) is 0 Å². The number of hydrogen-bond donors (Lipinski definition) is 2. The van der Waals surface area contributed by atoms with Gasteiger partial charge in [0.1, 0.15) is 15.9 Å². The lowest BCUT2D eigenvalue weighted by Gasteiger charge is -2.24. The van der Waals surface area contributed by atoms with Crippen LogP contribution in [0.1, 0.15) is 30.0 Å². The Bertz CT molecular complexity index is 567. The first kappa shape index (κ1) is 15.0. The molecule has 0 radical (unpaired) electrons. The van der Waals surface area contributed by atoms with Crippen LogP contribution in [-0.4, -0.2) is 31.9 Å². The van der Waals surface area contributed by atoms with Crippen LogP contribution in [0.5, 0.6) is 0 Å². The van der Waals surface area contributed by atoms with Crippen molar-refractivity contribution in [2.45, 2.75) is 31.8 Å². The predicted molar refractivity (Wildman–Crippen MR) is 77.9 cm³/mol. The molecule has 1 heterocycles. The molecule has 1 unspecified atom stereocenters. The third kappa shape index (κ3) is 3.80. The van der Waals surface area contributed by atoms with E-state index in [2.05, 4.69) is 5.32 Å². The zero-order valence-electron chi connectivity index (χ0n) is 11.5. The van der Waals surface area contributed by atoms with Crippen molar-refractivity contribution in [3.8, 4) is 0 Å². The van der Waals surface area contributed by atoms with Gasteiger partial charge in [-0.15, -0.1) is 0 Å². The molecule has 0 spiro atoms. The molecule has 1 aromatic rings. The molecule has 6 heteroatoms. The van der Waals surface area contributed by atoms with Gasteiger partial charge in [0.25, 0.3) is 0 Å². The van der Waals surface area contributed by atoms with E-state index >= 15 is 0 Å². The number of benzene rings is 1. The fraction of sp³-hybridized carbons (Fsp3) is 0.500. The lowest BCUT2D eigenvalue weighted by Crippen LogP contribution is -2.44. The second-order valence-corrected chi connectivity index (χ2v) is 7.63. The Hall–Kier alpha value is -1.40. The van der Waals surface area contributed by atoms with Crippen LogP contribution >= 0.6 is 0 Å². The molecule has 1 fully saturated rings. The Morgan fingerprint density at radius 3 is 2.35 bits per heavy atom. The molecule has 1 aliphatic rings. The predicted octanol–water partition coefficient (Wildman–Crippen LogP) is 0.688. The van der Waals surface area contributed by atoms with Gasteiger partial charge in [0.05, 0.1) is 11.5 Å². The Kier molecular flexibility index (Phi) is 4.45. The van der Waals surface area contributed by atoms with Crippen molar-refractivity contribution in [1.29, 1.82) is 0 Å². The second kappa shape index (κ2) is 5.93. The molecule has 0 bridgehead atoms. The van der Waals surface area contributed by atoms with Crippen molar-refractivity contribution < 1.29 is 13.2 Å². The normalized spacial score (nSPS) is 20.3. The molecule has 110 valence electrons. The summed E-state index contributed by atoms with van der Waals surface area (Å²) >= 11 is 0. The molecule has 1 amide bonds. The molecule has 1 saturated heterocycles. The number of carbonyl (C=O) groups is 1. The number of amides is 1. The summed E-state index contributed by atoms with van der Waals surface area (Å²) in [5, 5.41) is 2.84. The van der Waals surface area contributed by atoms with Crippen LogP contribution < -0.4 is 11.1 Å². The minimum Gasteiger partial charge on any atom is -0.352 e. The van der Waals surface area contributed by atoms with Gasteiger partial charge in [0, 0.05) is 6.04 Å². The number of rotatable bonds is 3. The molecule has 3 N–H and O–H groups in total. The Balaban J connectivity index is 1.93. The van der Waals surface area contributed by atoms with E-state index < -0.39 is 15.9 Å². The Morgan fingerprint density at radius 2 is 1.80 bits per heavy atom. The van der Waals surface area contributed by atoms with Crippen LogP contribution in [-0.2, 0) is 14.6 Å². The molecule has 0 saturated carbocycles. The highest BCUT2D eigenvalue weighted by Gasteiger charge is 2.26. The van der Waals surface area contributed by atoms with E-state index in [-0.39, 0.29) is 23.5 Å². The zero-order valence-corrected chi connectivity index (χ0v) is 12.3. The van der Waals surface area contributed by atoms with Crippen LogP contribution in [0, 0.1) is 6.92 Å². The first-order chi connectivity index (χ1) is 9.37. The van der Waals surface area contributed by atoms with Crippen molar-refractivity contribution in [2.24, 2.45) is 5.73 Å². The largest absolute Gasteiger partial charge is 0.352 e. The van der Waals surface area contributed by atoms with E-state index in [1.807, 2.05) is 31.2 Å². The van der Waals surface area contributed by atoms with Gasteiger partial charge in [-0.25, -0.2) is 8.42 Å². The van der Waals surface area contributed by atoms with Crippen LogP contribution in [0.2, 0.25) is 0 Å². The number of hydrogen-bond acceptors (Lipinski definition) is 4. The zero-order chi connectivity index (χ0) is 14.8. The maximum atomic E-state index is 12.1. The quantitative estimate of drug-likeness (QED) is 0.858. The molecule has 1 atom stereocenters. The van der Waals surface area contributed by atoms with E-state index in [0.29, 0.717) is 12.8 Å². The van der Waals surface area contributed by atoms with Crippen LogP contribution in [0.15, 0.2) is 24.3 Å². The summed E-state index contributed by atoms with van der Waals surface area (Å²) < 4.78 is 22.7. The summed E-state index contributed by atoms with van der Waals surface area (Å²) in [6.07, 6.45) is 0.934. The Morgan fingerprint density at radius 1 is 1.25 bits per heavy atom. The number of aryl methyl sites for hydroxylation is 1. The monoisotopic (exact) mass is 296 g/mol. The highest BCUT2D eigenvalue weighted by atomic mass is 32.2. The second-order valence-electron chi connectivity index (χ2n) is 5.32. The van der Waals surface area contributed by atoms with Gasteiger partial charge < -0.3 is 11.1 Å². The SMILES string of the molecule is Cc1ccc(C(N)C(=O)NC2CCS(=O)(=O)CC2)cc1. The summed E-state index contributed by atoms with van der Waals surface area (Å²) in [5.41, 5.74) is 7.80. The minimum atomic E-state index is -2.91. The standard InChI is InChI=1S/C14H20N2O3S/c1-10-2-4-11(5-3-10)13(15)14(17)16-12-6-8-20(18,19)9-7-12/h2-5,12-13H,6-9,15H2,1H3,(H,16,17). The number of nitrogens with two attached hydrogens (primary N) is 1. The van der Waals surface area contributed by atoms with Gasteiger partial charge in [-0.3, -0.25) is 4.79 Å². The van der Waals surface area contributed by atoms with E-state index in [9.17, 15) is 13.2 Å². The summed E-state index contributed by atoms with van der Waals surface area (Å²) in [6, 6.07) is 6.69. The summed E-state index contributed by atoms with van der Waals surface area (Å²) in [5.74, 6) is 0.0215. The smallest absolute Gasteiger partial charge is 0.241 e. The average Bonchev–Trinajstić information content (AvgIpc) is 2.41. The van der Waals surface area contributed by atoms with Crippen molar-refractivity contribution >= 4 is 15.7 Å². The molecule has 1 aromatic carbocycles. The fourth-order valence-electron chi connectivity index (χ4n) is 2.25. The maximum absolute atomic E-state index is 12.1. The third-order valence-electron chi connectivity index (χ3n) is 3.62. The fourth-order valence-corrected chi connectivity index (χ4v) is 3.74. The summed E-state index contributed by atoms with van der Waals surface area (Å²) in [4.78, 5) is 12.1. The highest BCUT2D eigenvalue weighted by Crippen LogP contribution is 2.15. The molecular weight excluding hydrogens is 276 g/mol. The molecule has 0 aliphatic carbocycles. The summed E-state index contributed by atoms with van der Waals surface area (Å²) in [7, 11) is -2.91. The van der Waals surface area contributed by atoms with Crippen molar-refractivity contribution in [1.82, 2.24) is 5.32 Å². The van der Waals surface area contributed by atoms with Gasteiger partial charge in [-0.2, -0.15) is 0 Å². The van der Waals surface area contributed by atoms with Gasteiger partial charge in [-0.1, -0.05) is 29.8 Å². The highest BCUT2D eigenvalue weighted by molar-refractivity contribution is 7.91. The first-order valence-corrected chi connectivity index (χ1v) is 8.52. The lowest BCUT2D eigenvalue weighted by atomic mass is 10.0. The number of carbonyl (C=O) groups excluding carboxylic acids is 1. The molecule has 0 aromatic heterocycles. The average molecular weight is 296 g/mol. The van der Waals surface area contributed by atoms with E-state index in [1.54, 1.807) is 0 Å². The van der Waals surface area contributed by atoms with Crippen LogP contribution in [0.4, 0.5) is 0 Å². The molecular formula is C14H20N2O3S. The maximum Gasteiger partial charge on any atom is 0.241 e. The van der Waals surface area contributed by atoms with E-state index in [0.717, 1.165) is 11.1 Å². The van der Waals surface area contributed by atoms with Crippen LogP contribution in [0.25, 0.3) is 0 Å². The molecule has 20 heavy (non-hydrogen) atoms. The van der Waals surface area contributed by atoms with Gasteiger partial charge >= 0.3 is 0 Å². The van der Waals surface area contributed by atoms with Crippen molar-refractivity contribution in [3.63, 3.8) is 0 Å².